The van der Waals surface area contributed by atoms with Gasteiger partial charge in [0.1, 0.15) is 6.54 Å². The summed E-state index contributed by atoms with van der Waals surface area (Å²) in [5.74, 6) is 1.05. The molecule has 1 aliphatic heterocycles. The van der Waals surface area contributed by atoms with Crippen LogP contribution in [0, 0.1) is 0 Å². The average Bonchev–Trinajstić information content (AvgIpc) is 3.29. The number of carbonyl (C=O) groups is 2. The van der Waals surface area contributed by atoms with E-state index < -0.39 is 5.97 Å². The largest absolute Gasteiger partial charge is 0.481 e. The normalized spacial score (nSPS) is 13.9. The predicted molar refractivity (Wildman–Crippen MR) is 129 cm³/mol. The summed E-state index contributed by atoms with van der Waals surface area (Å²) in [6.45, 7) is 4.53. The quantitative estimate of drug-likeness (QED) is 0.380. The Hall–Kier alpha value is -3.57. The molecule has 11 heteroatoms. The number of rotatable bonds is 8. The van der Waals surface area contributed by atoms with Gasteiger partial charge in [0.25, 0.3) is 0 Å². The van der Waals surface area contributed by atoms with Gasteiger partial charge in [-0.1, -0.05) is 0 Å². The number of pyridine rings is 1. The second-order valence-corrected chi connectivity index (χ2v) is 8.36. The number of morpholine rings is 1. The van der Waals surface area contributed by atoms with E-state index >= 15 is 0 Å². The van der Waals surface area contributed by atoms with Crippen LogP contribution in [0.25, 0.3) is 27.7 Å². The van der Waals surface area contributed by atoms with Crippen molar-refractivity contribution in [3.8, 4) is 17.3 Å². The highest BCUT2D eigenvalue weighted by Gasteiger charge is 2.20. The van der Waals surface area contributed by atoms with E-state index in [1.807, 2.05) is 12.1 Å². The summed E-state index contributed by atoms with van der Waals surface area (Å²) in [5.41, 5.74) is 1.55. The number of fused-ring (bicyclic) bond motifs is 1. The Morgan fingerprint density at radius 3 is 2.79 bits per heavy atom. The van der Waals surface area contributed by atoms with Crippen LogP contribution < -0.4 is 15.0 Å². The molecular formula is C23H25N5O5S. The van der Waals surface area contributed by atoms with Gasteiger partial charge in [-0.2, -0.15) is 0 Å². The monoisotopic (exact) mass is 483 g/mol. The van der Waals surface area contributed by atoms with E-state index in [1.54, 1.807) is 32.4 Å². The van der Waals surface area contributed by atoms with Crippen LogP contribution in [-0.4, -0.2) is 73.4 Å². The zero-order chi connectivity index (χ0) is 23.9. The second-order valence-electron chi connectivity index (χ2n) is 7.28. The Bertz CT molecular complexity index is 1190. The van der Waals surface area contributed by atoms with Gasteiger partial charge in [-0.3, -0.25) is 9.59 Å². The smallest absolute Gasteiger partial charge is 0.325 e. The topological polar surface area (TPSA) is 116 Å². The predicted octanol–water partition coefficient (Wildman–Crippen LogP) is 2.29. The lowest BCUT2D eigenvalue weighted by molar-refractivity contribution is -0.143. The van der Waals surface area contributed by atoms with Crippen molar-refractivity contribution in [3.63, 3.8) is 0 Å². The Labute approximate surface area is 200 Å². The first-order valence-corrected chi connectivity index (χ1v) is 11.6. The van der Waals surface area contributed by atoms with Crippen molar-refractivity contribution in [2.24, 2.45) is 0 Å². The molecule has 0 atom stereocenters. The van der Waals surface area contributed by atoms with Crippen LogP contribution in [0.1, 0.15) is 11.8 Å². The highest BCUT2D eigenvalue weighted by atomic mass is 32.1. The Balaban J connectivity index is 1.62. The third-order valence-corrected chi connectivity index (χ3v) is 6.08. The zero-order valence-electron chi connectivity index (χ0n) is 18.9. The van der Waals surface area contributed by atoms with Crippen LogP contribution in [-0.2, 0) is 19.1 Å². The third kappa shape index (κ3) is 5.67. The molecule has 0 bridgehead atoms. The standard InChI is InChI=1S/C23H25N5O5S/c1-3-33-20(30)14-24-18(29)6-5-16-12-17-21(34-16)23(28-8-10-32-11-9-28)27-22(26-17)15-4-7-19(31-2)25-13-15/h4-7,12-13H,3,8-11,14H2,1-2H3,(H,24,29)/b6-5+. The van der Waals surface area contributed by atoms with Crippen LogP contribution in [0.5, 0.6) is 5.88 Å². The number of carbonyl (C=O) groups excluding carboxylic acids is 2. The molecule has 178 valence electrons. The lowest BCUT2D eigenvalue weighted by Crippen LogP contribution is -2.36. The molecule has 1 amide bonds. The molecule has 1 saturated heterocycles. The fourth-order valence-electron chi connectivity index (χ4n) is 3.36. The van der Waals surface area contributed by atoms with Crippen molar-refractivity contribution in [2.75, 3.05) is 51.5 Å². The van der Waals surface area contributed by atoms with E-state index in [0.717, 1.165) is 39.6 Å². The highest BCUT2D eigenvalue weighted by Crippen LogP contribution is 2.35. The maximum atomic E-state index is 12.1. The van der Waals surface area contributed by atoms with Crippen molar-refractivity contribution in [1.82, 2.24) is 20.3 Å². The number of esters is 1. The molecule has 0 unspecified atom stereocenters. The molecule has 0 spiro atoms. The van der Waals surface area contributed by atoms with E-state index in [1.165, 1.54) is 17.4 Å². The minimum atomic E-state index is -0.475. The number of nitrogens with zero attached hydrogens (tertiary/aromatic N) is 4. The lowest BCUT2D eigenvalue weighted by atomic mass is 10.2. The summed E-state index contributed by atoms with van der Waals surface area (Å²) in [4.78, 5) is 40.4. The van der Waals surface area contributed by atoms with Gasteiger partial charge in [0.15, 0.2) is 11.6 Å². The Morgan fingerprint density at radius 2 is 2.09 bits per heavy atom. The zero-order valence-corrected chi connectivity index (χ0v) is 19.8. The van der Waals surface area contributed by atoms with Gasteiger partial charge in [0, 0.05) is 41.9 Å². The molecule has 0 aliphatic carbocycles. The Kier molecular flexibility index (Phi) is 7.65. The fraction of sp³-hybridized carbons (Fsp3) is 0.348. The van der Waals surface area contributed by atoms with Gasteiger partial charge >= 0.3 is 5.97 Å². The molecular weight excluding hydrogens is 458 g/mol. The molecule has 1 N–H and O–H groups in total. The van der Waals surface area contributed by atoms with Gasteiger partial charge in [-0.15, -0.1) is 11.3 Å². The number of amides is 1. The first-order chi connectivity index (χ1) is 16.6. The van der Waals surface area contributed by atoms with Crippen molar-refractivity contribution < 1.29 is 23.8 Å². The van der Waals surface area contributed by atoms with Crippen molar-refractivity contribution in [1.29, 1.82) is 0 Å². The number of anilines is 1. The summed E-state index contributed by atoms with van der Waals surface area (Å²) in [6, 6.07) is 5.56. The van der Waals surface area contributed by atoms with Gasteiger partial charge in [0.05, 0.1) is 37.1 Å². The minimum absolute atomic E-state index is 0.171. The summed E-state index contributed by atoms with van der Waals surface area (Å²) in [7, 11) is 1.57. The fourth-order valence-corrected chi connectivity index (χ4v) is 4.37. The minimum Gasteiger partial charge on any atom is -0.481 e. The van der Waals surface area contributed by atoms with Gasteiger partial charge < -0.3 is 24.4 Å². The molecule has 4 heterocycles. The van der Waals surface area contributed by atoms with Gasteiger partial charge in [0.2, 0.25) is 11.8 Å². The van der Waals surface area contributed by atoms with Gasteiger partial charge in [-0.25, -0.2) is 15.0 Å². The van der Waals surface area contributed by atoms with E-state index in [-0.39, 0.29) is 19.1 Å². The molecule has 0 aromatic carbocycles. The summed E-state index contributed by atoms with van der Waals surface area (Å²) >= 11 is 1.50. The van der Waals surface area contributed by atoms with Crippen LogP contribution in [0.4, 0.5) is 5.82 Å². The third-order valence-electron chi connectivity index (χ3n) is 5.00. The molecule has 1 aliphatic rings. The first kappa shape index (κ1) is 23.6. The Morgan fingerprint density at radius 1 is 1.26 bits per heavy atom. The number of hydrogen-bond acceptors (Lipinski definition) is 10. The van der Waals surface area contributed by atoms with E-state index in [2.05, 4.69) is 15.2 Å². The van der Waals surface area contributed by atoms with E-state index in [0.29, 0.717) is 24.9 Å². The summed E-state index contributed by atoms with van der Waals surface area (Å²) in [6.07, 6.45) is 4.77. The SMILES string of the molecule is CCOC(=O)CNC(=O)/C=C/c1cc2nc(-c3ccc(OC)nc3)nc(N3CCOCC3)c2s1. The maximum Gasteiger partial charge on any atom is 0.325 e. The molecule has 34 heavy (non-hydrogen) atoms. The van der Waals surface area contributed by atoms with Crippen LogP contribution in [0.15, 0.2) is 30.5 Å². The molecule has 0 saturated carbocycles. The molecule has 0 radical (unpaired) electrons. The average molecular weight is 484 g/mol. The molecule has 10 nitrogen and oxygen atoms in total. The van der Waals surface area contributed by atoms with Crippen molar-refractivity contribution in [3.05, 3.63) is 35.3 Å². The highest BCUT2D eigenvalue weighted by molar-refractivity contribution is 7.20. The number of aromatic nitrogens is 3. The number of hydrogen-bond donors (Lipinski definition) is 1. The summed E-state index contributed by atoms with van der Waals surface area (Å²) < 4.78 is 16.4. The van der Waals surface area contributed by atoms with Crippen molar-refractivity contribution in [2.45, 2.75) is 6.92 Å². The number of thiophene rings is 1. The number of methoxy groups -OCH3 is 1. The molecule has 4 rings (SSSR count). The van der Waals surface area contributed by atoms with E-state index in [4.69, 9.17) is 24.2 Å². The van der Waals surface area contributed by atoms with Crippen LogP contribution >= 0.6 is 11.3 Å². The lowest BCUT2D eigenvalue weighted by Gasteiger charge is -2.28. The molecule has 3 aromatic rings. The second kappa shape index (κ2) is 11.0. The first-order valence-electron chi connectivity index (χ1n) is 10.8. The van der Waals surface area contributed by atoms with Crippen LogP contribution in [0.3, 0.4) is 0 Å². The molecule has 1 fully saturated rings. The maximum absolute atomic E-state index is 12.1. The molecule has 3 aromatic heterocycles. The van der Waals surface area contributed by atoms with Crippen LogP contribution in [0.2, 0.25) is 0 Å². The number of nitrogens with one attached hydrogen (secondary N) is 1. The number of ether oxygens (including phenoxy) is 3. The van der Waals surface area contributed by atoms with E-state index in [9.17, 15) is 9.59 Å². The summed E-state index contributed by atoms with van der Waals surface area (Å²) in [5, 5.41) is 2.51. The van der Waals surface area contributed by atoms with Gasteiger partial charge in [-0.05, 0) is 25.1 Å². The van der Waals surface area contributed by atoms with Crippen molar-refractivity contribution >= 4 is 45.3 Å².